The molecule has 0 aromatic rings. The minimum Gasteiger partial charge on any atom is -0.499 e. The monoisotopic (exact) mass is 1100 g/mol. The van der Waals surface area contributed by atoms with Gasteiger partial charge in [0.15, 0.2) is 0 Å². The van der Waals surface area contributed by atoms with Crippen molar-refractivity contribution in [3.05, 3.63) is 25.0 Å². The molecule has 0 heterocycles. The lowest BCUT2D eigenvalue weighted by molar-refractivity contribution is -0.421. The average Bonchev–Trinajstić information content (AvgIpc) is 3.13. The van der Waals surface area contributed by atoms with Gasteiger partial charge in [0.1, 0.15) is 25.3 Å². The smallest absolute Gasteiger partial charge is 0.426 e. The largest absolute Gasteiger partial charge is 0.499 e. The van der Waals surface area contributed by atoms with Crippen LogP contribution in [0.4, 0.5) is 119 Å². The Morgan fingerprint density at radius 1 is 0.471 bits per heavy atom. The number of carbonyl (C=O) groups is 1. The van der Waals surface area contributed by atoms with Gasteiger partial charge in [-0.15, -0.1) is 0 Å². The number of ether oxygens (including phenoxy) is 6. The molecule has 0 aromatic carbocycles. The molecule has 0 bridgehead atoms. The number of hydrogen-bond acceptors (Lipinski definition) is 9. The molecule has 0 saturated heterocycles. The minimum absolute atomic E-state index is 0.434. The topological polar surface area (TPSA) is 113 Å². The lowest BCUT2D eigenvalue weighted by Crippen LogP contribution is -2.68. The number of alkyl halides is 27. The van der Waals surface area contributed by atoms with Crippen molar-refractivity contribution < 1.29 is 162 Å². The molecule has 2 aliphatic carbocycles. The quantitative estimate of drug-likeness (QED) is 0.0577. The van der Waals surface area contributed by atoms with E-state index in [4.69, 9.17) is 0 Å². The van der Waals surface area contributed by atoms with E-state index in [0.717, 1.165) is 0 Å². The van der Waals surface area contributed by atoms with Crippen molar-refractivity contribution in [1.29, 1.82) is 0 Å². The molecule has 2 N–H and O–H groups in total. The van der Waals surface area contributed by atoms with E-state index in [9.17, 15) is 134 Å². The van der Waals surface area contributed by atoms with Crippen LogP contribution in [0.5, 0.6) is 0 Å². The van der Waals surface area contributed by atoms with Crippen LogP contribution in [0.25, 0.3) is 0 Å². The van der Waals surface area contributed by atoms with Gasteiger partial charge < -0.3 is 38.6 Å². The molecule has 9 nitrogen and oxygen atoms in total. The second-order valence-electron chi connectivity index (χ2n) is 15.2. The highest BCUT2D eigenvalue weighted by Crippen LogP contribution is 2.61. The van der Waals surface area contributed by atoms with E-state index in [1.54, 1.807) is 0 Å². The van der Waals surface area contributed by atoms with Gasteiger partial charge in [0, 0.05) is 37.9 Å². The standard InChI is InChI=1S/C18H17F15O5.C16H18F12O4/c1-7(14(19,20)21)11(34)38-10-4-8(12(35,15(22,23)24)16(25,26)27)3-9(5-10)13(17(28,29)30,18(31,32)33)37-6-36-2;1-3-31-10-5-8(11(29,13(17,18)19)14(20,21)22)4-9(6-10)12(15(23,24)25,16(26,27)28)32-7-30-2/h8-10,35H,1,3-6H2,2H3;3,8-10,29H,1,4-7H2,2H3. The Morgan fingerprint density at radius 2 is 0.743 bits per heavy atom. The Bertz CT molecular complexity index is 1680. The average molecular weight is 1100 g/mol. The van der Waals surface area contributed by atoms with Crippen molar-refractivity contribution >= 4 is 5.97 Å². The summed E-state index contributed by atoms with van der Waals surface area (Å²) < 4.78 is 388. The van der Waals surface area contributed by atoms with Crippen LogP contribution in [-0.2, 0) is 33.2 Å². The highest BCUT2D eigenvalue weighted by molar-refractivity contribution is 5.89. The zero-order valence-corrected chi connectivity index (χ0v) is 34.6. The van der Waals surface area contributed by atoms with Crippen LogP contribution in [0.15, 0.2) is 25.0 Å². The summed E-state index contributed by atoms with van der Waals surface area (Å²) in [5, 5.41) is 19.2. The predicted molar refractivity (Wildman–Crippen MR) is 172 cm³/mol. The van der Waals surface area contributed by atoms with E-state index in [-0.39, 0.29) is 0 Å². The van der Waals surface area contributed by atoms with Gasteiger partial charge >= 0.3 is 61.6 Å². The van der Waals surface area contributed by atoms with Gasteiger partial charge in [-0.2, -0.15) is 119 Å². The van der Waals surface area contributed by atoms with E-state index in [1.807, 2.05) is 0 Å². The highest BCUT2D eigenvalue weighted by atomic mass is 19.5. The Balaban J connectivity index is 0.000000710. The molecule has 70 heavy (non-hydrogen) atoms. The molecule has 2 fully saturated rings. The van der Waals surface area contributed by atoms with Crippen molar-refractivity contribution in [2.24, 2.45) is 23.7 Å². The second kappa shape index (κ2) is 21.2. The molecule has 2 rings (SSSR count). The summed E-state index contributed by atoms with van der Waals surface area (Å²) in [6.45, 7) is 1.66. The van der Waals surface area contributed by atoms with Crippen LogP contribution >= 0.6 is 0 Å². The van der Waals surface area contributed by atoms with Crippen LogP contribution in [0.3, 0.4) is 0 Å². The van der Waals surface area contributed by atoms with E-state index >= 15 is 0 Å². The van der Waals surface area contributed by atoms with Crippen LogP contribution in [0, 0.1) is 23.7 Å². The molecule has 36 heteroatoms. The second-order valence-corrected chi connectivity index (χ2v) is 15.2. The zero-order chi connectivity index (χ0) is 55.7. The molecular weight excluding hydrogens is 1070 g/mol. The van der Waals surface area contributed by atoms with Gasteiger partial charge in [0.25, 0.3) is 22.4 Å². The van der Waals surface area contributed by atoms with Crippen molar-refractivity contribution in [1.82, 2.24) is 0 Å². The Morgan fingerprint density at radius 3 is 0.986 bits per heavy atom. The number of carbonyl (C=O) groups excluding carboxylic acids is 1. The van der Waals surface area contributed by atoms with E-state index < -0.39 is 178 Å². The van der Waals surface area contributed by atoms with E-state index in [0.29, 0.717) is 20.5 Å². The fourth-order valence-electron chi connectivity index (χ4n) is 7.92. The summed E-state index contributed by atoms with van der Waals surface area (Å²) in [7, 11) is 1.16. The van der Waals surface area contributed by atoms with Crippen molar-refractivity contribution in [2.75, 3.05) is 27.8 Å². The fraction of sp³-hybridized carbons (Fsp3) is 0.853. The fourth-order valence-corrected chi connectivity index (χ4v) is 7.92. The molecule has 6 unspecified atom stereocenters. The lowest BCUT2D eigenvalue weighted by atomic mass is 9.65. The van der Waals surface area contributed by atoms with Crippen LogP contribution in [-0.4, -0.2) is 134 Å². The normalized spacial score (nSPS) is 23.5. The molecule has 0 aliphatic heterocycles. The van der Waals surface area contributed by atoms with Crippen LogP contribution in [0.1, 0.15) is 38.5 Å². The Labute approximate surface area is 373 Å². The van der Waals surface area contributed by atoms with Crippen molar-refractivity contribution in [3.63, 3.8) is 0 Å². The first-order chi connectivity index (χ1) is 30.9. The summed E-state index contributed by atoms with van der Waals surface area (Å²) >= 11 is 0. The van der Waals surface area contributed by atoms with Gasteiger partial charge in [0.05, 0.1) is 12.4 Å². The molecule has 0 aromatic heterocycles. The minimum atomic E-state index is -6.77. The molecule has 0 radical (unpaired) electrons. The molecule has 0 spiro atoms. The zero-order valence-electron chi connectivity index (χ0n) is 34.6. The number of esters is 1. The van der Waals surface area contributed by atoms with Crippen LogP contribution in [0.2, 0.25) is 0 Å². The van der Waals surface area contributed by atoms with Crippen LogP contribution < -0.4 is 0 Å². The maximum absolute atomic E-state index is 13.9. The summed E-state index contributed by atoms with van der Waals surface area (Å²) in [6, 6.07) is 0. The van der Waals surface area contributed by atoms with Gasteiger partial charge in [-0.1, -0.05) is 13.2 Å². The summed E-state index contributed by atoms with van der Waals surface area (Å²) in [5.74, 6) is -16.0. The third kappa shape index (κ3) is 12.7. The molecule has 2 saturated carbocycles. The summed E-state index contributed by atoms with van der Waals surface area (Å²) in [4.78, 5) is 11.7. The number of rotatable bonds is 14. The maximum Gasteiger partial charge on any atom is 0.426 e. The molecule has 0 amide bonds. The first-order valence-electron chi connectivity index (χ1n) is 18.4. The molecule has 6 atom stereocenters. The van der Waals surface area contributed by atoms with Gasteiger partial charge in [-0.3, -0.25) is 0 Å². The summed E-state index contributed by atoms with van der Waals surface area (Å²) in [5.41, 5.74) is -24.8. The molecular formula is C34H35F27O9. The summed E-state index contributed by atoms with van der Waals surface area (Å²) in [6.07, 6.45) is -73.4. The van der Waals surface area contributed by atoms with E-state index in [2.05, 4.69) is 41.6 Å². The number of hydrogen-bond donors (Lipinski definition) is 2. The first kappa shape index (κ1) is 64.6. The SMILES string of the molecule is C=C(C(=O)OC1CC(C(O)(C(F)(F)F)C(F)(F)F)CC(C(OCOC)(C(F)(F)F)C(F)(F)F)C1)C(F)(F)F.C=COC1CC(C(O)(C(F)(F)F)C(F)(F)F)CC(C(OCOC)(C(F)(F)F)C(F)(F)F)C1. The van der Waals surface area contributed by atoms with Gasteiger partial charge in [0.2, 0.25) is 0 Å². The number of halogens is 27. The first-order valence-corrected chi connectivity index (χ1v) is 18.4. The van der Waals surface area contributed by atoms with Gasteiger partial charge in [-0.25, -0.2) is 4.79 Å². The molecule has 2 aliphatic rings. The molecule has 414 valence electrons. The maximum atomic E-state index is 13.9. The number of methoxy groups -OCH3 is 2. The van der Waals surface area contributed by atoms with E-state index in [1.165, 1.54) is 0 Å². The van der Waals surface area contributed by atoms with Gasteiger partial charge in [-0.05, 0) is 38.5 Å². The Hall–Kier alpha value is -3.38. The Kier molecular flexibility index (Phi) is 19.6. The third-order valence-electron chi connectivity index (χ3n) is 11.0. The third-order valence-corrected chi connectivity index (χ3v) is 11.0. The lowest BCUT2D eigenvalue weighted by Gasteiger charge is -2.49. The van der Waals surface area contributed by atoms with Crippen molar-refractivity contribution in [2.45, 2.75) is 129 Å². The predicted octanol–water partition coefficient (Wildman–Crippen LogP) is 11.0. The number of aliphatic hydroxyl groups is 2. The highest BCUT2D eigenvalue weighted by Gasteiger charge is 2.81. The van der Waals surface area contributed by atoms with Crippen molar-refractivity contribution in [3.8, 4) is 0 Å².